The highest BCUT2D eigenvalue weighted by Gasteiger charge is 2.40. The van der Waals surface area contributed by atoms with Gasteiger partial charge in [-0.1, -0.05) is 5.57 Å². The quantitative estimate of drug-likeness (QED) is 0.525. The first-order valence-electron chi connectivity index (χ1n) is 7.23. The topological polar surface area (TPSA) is 52.6 Å². The Labute approximate surface area is 114 Å². The van der Waals surface area contributed by atoms with Crippen LogP contribution in [0, 0.1) is 11.8 Å². The molecule has 0 amide bonds. The number of hydrogen-bond donors (Lipinski definition) is 0. The van der Waals surface area contributed by atoms with Crippen LogP contribution in [-0.4, -0.2) is 25.2 Å². The fourth-order valence-corrected chi connectivity index (χ4v) is 2.48. The lowest BCUT2D eigenvalue weighted by molar-refractivity contribution is -0.145. The molecule has 0 aromatic carbocycles. The number of esters is 2. The maximum absolute atomic E-state index is 12.1. The fourth-order valence-electron chi connectivity index (χ4n) is 2.48. The Morgan fingerprint density at radius 1 is 0.947 bits per heavy atom. The summed E-state index contributed by atoms with van der Waals surface area (Å²) in [5.74, 6) is 0.344. The molecule has 0 saturated heterocycles. The molecule has 4 heteroatoms. The first-order chi connectivity index (χ1) is 9.17. The molecule has 0 N–H and O–H groups in total. The van der Waals surface area contributed by atoms with E-state index in [0.29, 0.717) is 30.6 Å². The second kappa shape index (κ2) is 6.22. The lowest BCUT2D eigenvalue weighted by atomic mass is 9.96. The van der Waals surface area contributed by atoms with Crippen molar-refractivity contribution in [2.45, 2.75) is 46.0 Å². The summed E-state index contributed by atoms with van der Waals surface area (Å²) >= 11 is 0. The molecule has 19 heavy (non-hydrogen) atoms. The number of carbonyl (C=O) groups is 2. The summed E-state index contributed by atoms with van der Waals surface area (Å²) in [6, 6.07) is 0. The minimum absolute atomic E-state index is 0.0645. The van der Waals surface area contributed by atoms with E-state index in [-0.39, 0.29) is 18.4 Å². The van der Waals surface area contributed by atoms with Crippen molar-refractivity contribution in [1.29, 1.82) is 0 Å². The summed E-state index contributed by atoms with van der Waals surface area (Å²) < 4.78 is 10.1. The maximum atomic E-state index is 12.1. The third-order valence-electron chi connectivity index (χ3n) is 3.53. The molecule has 4 nitrogen and oxygen atoms in total. The van der Waals surface area contributed by atoms with E-state index in [9.17, 15) is 9.59 Å². The Bertz CT molecular complexity index is 375. The van der Waals surface area contributed by atoms with Gasteiger partial charge in [-0.05, 0) is 51.4 Å². The van der Waals surface area contributed by atoms with Gasteiger partial charge in [0.25, 0.3) is 0 Å². The van der Waals surface area contributed by atoms with E-state index in [2.05, 4.69) is 0 Å². The van der Waals surface area contributed by atoms with Gasteiger partial charge >= 0.3 is 11.9 Å². The normalized spacial score (nSPS) is 17.8. The zero-order chi connectivity index (χ0) is 13.8. The largest absolute Gasteiger partial charge is 0.466 e. The van der Waals surface area contributed by atoms with Crippen LogP contribution in [0.15, 0.2) is 11.1 Å². The van der Waals surface area contributed by atoms with Crippen molar-refractivity contribution in [3.63, 3.8) is 0 Å². The van der Waals surface area contributed by atoms with Crippen molar-refractivity contribution >= 4 is 11.9 Å². The molecule has 0 heterocycles. The first kappa shape index (κ1) is 14.1. The molecule has 0 radical (unpaired) electrons. The molecule has 0 spiro atoms. The zero-order valence-corrected chi connectivity index (χ0v) is 11.7. The predicted molar refractivity (Wildman–Crippen MR) is 70.4 cm³/mol. The Morgan fingerprint density at radius 3 is 1.89 bits per heavy atom. The van der Waals surface area contributed by atoms with Crippen LogP contribution < -0.4 is 0 Å². The molecule has 0 unspecified atom stereocenters. The summed E-state index contributed by atoms with van der Waals surface area (Å²) in [7, 11) is 0. The summed E-state index contributed by atoms with van der Waals surface area (Å²) in [6.07, 6.45) is 4.61. The third kappa shape index (κ3) is 3.82. The number of allylic oxidation sites excluding steroid dienone is 1. The average Bonchev–Trinajstić information content (AvgIpc) is 3.23. The molecule has 0 aromatic rings. The fraction of sp³-hybridized carbons (Fsp3) is 0.733. The summed E-state index contributed by atoms with van der Waals surface area (Å²) in [5, 5.41) is 0. The highest BCUT2D eigenvalue weighted by Crippen LogP contribution is 2.50. The summed E-state index contributed by atoms with van der Waals surface area (Å²) in [5.41, 5.74) is 1.76. The zero-order valence-electron chi connectivity index (χ0n) is 11.7. The van der Waals surface area contributed by atoms with E-state index < -0.39 is 0 Å². The maximum Gasteiger partial charge on any atom is 0.334 e. The van der Waals surface area contributed by atoms with Gasteiger partial charge in [0.2, 0.25) is 0 Å². The Balaban J connectivity index is 2.18. The lowest BCUT2D eigenvalue weighted by Crippen LogP contribution is -2.17. The molecule has 0 aromatic heterocycles. The van der Waals surface area contributed by atoms with Crippen molar-refractivity contribution in [2.75, 3.05) is 13.2 Å². The van der Waals surface area contributed by atoms with Crippen LogP contribution in [0.4, 0.5) is 0 Å². The van der Waals surface area contributed by atoms with E-state index in [4.69, 9.17) is 9.47 Å². The molecule has 106 valence electrons. The van der Waals surface area contributed by atoms with Crippen LogP contribution in [0.3, 0.4) is 0 Å². The van der Waals surface area contributed by atoms with Crippen LogP contribution in [0.2, 0.25) is 0 Å². The Hall–Kier alpha value is -1.32. The molecule has 2 aliphatic carbocycles. The van der Waals surface area contributed by atoms with E-state index in [1.165, 1.54) is 5.57 Å². The van der Waals surface area contributed by atoms with Crippen LogP contribution in [0.1, 0.15) is 46.0 Å². The van der Waals surface area contributed by atoms with E-state index >= 15 is 0 Å². The molecular formula is C15H22O4. The van der Waals surface area contributed by atoms with Crippen molar-refractivity contribution in [2.24, 2.45) is 11.8 Å². The highest BCUT2D eigenvalue weighted by molar-refractivity contribution is 5.95. The minimum atomic E-state index is -0.329. The van der Waals surface area contributed by atoms with Gasteiger partial charge in [-0.25, -0.2) is 4.79 Å². The molecule has 0 bridgehead atoms. The van der Waals surface area contributed by atoms with Gasteiger partial charge < -0.3 is 9.47 Å². The number of carbonyl (C=O) groups excluding carboxylic acids is 2. The monoisotopic (exact) mass is 266 g/mol. The van der Waals surface area contributed by atoms with Gasteiger partial charge in [-0.3, -0.25) is 4.79 Å². The van der Waals surface area contributed by atoms with E-state index in [1.807, 2.05) is 0 Å². The molecular weight excluding hydrogens is 244 g/mol. The van der Waals surface area contributed by atoms with Crippen molar-refractivity contribution in [1.82, 2.24) is 0 Å². The summed E-state index contributed by atoms with van der Waals surface area (Å²) in [6.45, 7) is 4.24. The smallest absolute Gasteiger partial charge is 0.334 e. The van der Waals surface area contributed by atoms with E-state index in [1.54, 1.807) is 13.8 Å². The number of rotatable bonds is 7. The van der Waals surface area contributed by atoms with E-state index in [0.717, 1.165) is 25.7 Å². The van der Waals surface area contributed by atoms with Gasteiger partial charge in [0.15, 0.2) is 0 Å². The lowest BCUT2D eigenvalue weighted by Gasteiger charge is -2.13. The van der Waals surface area contributed by atoms with Crippen molar-refractivity contribution in [3.05, 3.63) is 11.1 Å². The first-order valence-corrected chi connectivity index (χ1v) is 7.23. The van der Waals surface area contributed by atoms with Crippen molar-refractivity contribution in [3.8, 4) is 0 Å². The van der Waals surface area contributed by atoms with Crippen LogP contribution >= 0.6 is 0 Å². The second-order valence-electron chi connectivity index (χ2n) is 5.18. The Morgan fingerprint density at radius 2 is 1.47 bits per heavy atom. The molecule has 2 fully saturated rings. The SMILES string of the molecule is CCOC(=O)CC(C(=O)OCC)=C(C1CC1)C1CC1. The molecule has 2 saturated carbocycles. The molecule has 0 aliphatic heterocycles. The summed E-state index contributed by atoms with van der Waals surface area (Å²) in [4.78, 5) is 23.8. The van der Waals surface area contributed by atoms with Gasteiger partial charge in [0.05, 0.1) is 19.6 Å². The number of ether oxygens (including phenoxy) is 2. The van der Waals surface area contributed by atoms with Crippen LogP contribution in [0.5, 0.6) is 0 Å². The van der Waals surface area contributed by atoms with Gasteiger partial charge in [-0.2, -0.15) is 0 Å². The van der Waals surface area contributed by atoms with Gasteiger partial charge in [0, 0.05) is 5.57 Å². The van der Waals surface area contributed by atoms with Gasteiger partial charge in [-0.15, -0.1) is 0 Å². The Kier molecular flexibility index (Phi) is 4.61. The average molecular weight is 266 g/mol. The third-order valence-corrected chi connectivity index (χ3v) is 3.53. The van der Waals surface area contributed by atoms with Gasteiger partial charge in [0.1, 0.15) is 0 Å². The number of hydrogen-bond acceptors (Lipinski definition) is 4. The molecule has 0 atom stereocenters. The van der Waals surface area contributed by atoms with Crippen LogP contribution in [-0.2, 0) is 19.1 Å². The minimum Gasteiger partial charge on any atom is -0.466 e. The standard InChI is InChI=1S/C15H22O4/c1-3-18-13(16)9-12(15(17)19-4-2)14(10-5-6-10)11-7-8-11/h10-11H,3-9H2,1-2H3. The second-order valence-corrected chi connectivity index (χ2v) is 5.18. The molecule has 2 aliphatic rings. The predicted octanol–water partition coefficient (Wildman–Crippen LogP) is 2.62. The molecule has 2 rings (SSSR count). The van der Waals surface area contributed by atoms with Crippen molar-refractivity contribution < 1.29 is 19.1 Å². The highest BCUT2D eigenvalue weighted by atomic mass is 16.5. The van der Waals surface area contributed by atoms with Crippen LogP contribution in [0.25, 0.3) is 0 Å².